The molecule has 0 bridgehead atoms. The third-order valence-electron chi connectivity index (χ3n) is 10.3. The van der Waals surface area contributed by atoms with E-state index >= 15 is 0 Å². The highest BCUT2D eigenvalue weighted by atomic mass is 28.4. The molecule has 1 heterocycles. The van der Waals surface area contributed by atoms with Gasteiger partial charge >= 0.3 is 5.97 Å². The van der Waals surface area contributed by atoms with E-state index in [-0.39, 0.29) is 11.5 Å². The van der Waals surface area contributed by atoms with Crippen LogP contribution in [0.3, 0.4) is 0 Å². The minimum Gasteiger partial charge on any atom is -0.453 e. The average molecular weight is 537 g/mol. The molecule has 3 rings (SSSR count). The maximum absolute atomic E-state index is 14.3. The molecule has 8 heteroatoms. The Morgan fingerprint density at radius 2 is 1.73 bits per heavy atom. The first-order valence-corrected chi connectivity index (χ1v) is 16.3. The lowest BCUT2D eigenvalue weighted by molar-refractivity contribution is -0.369. The van der Waals surface area contributed by atoms with Crippen LogP contribution in [0.15, 0.2) is 25.3 Å². The Balaban J connectivity index is 2.34. The van der Waals surface area contributed by atoms with Crippen molar-refractivity contribution >= 4 is 20.1 Å². The van der Waals surface area contributed by atoms with Crippen LogP contribution in [0.5, 0.6) is 0 Å². The molecule has 0 aromatic heterocycles. The van der Waals surface area contributed by atoms with E-state index < -0.39 is 71.9 Å². The highest BCUT2D eigenvalue weighted by Gasteiger charge is 2.81. The van der Waals surface area contributed by atoms with Gasteiger partial charge in [-0.1, -0.05) is 54.2 Å². The van der Waals surface area contributed by atoms with Gasteiger partial charge in [-0.15, -0.1) is 6.58 Å². The molecular weight excluding hydrogens is 488 g/mol. The van der Waals surface area contributed by atoms with E-state index in [2.05, 4.69) is 47.0 Å². The maximum atomic E-state index is 14.3. The highest BCUT2D eigenvalue weighted by Crippen LogP contribution is 2.68. The Morgan fingerprint density at radius 1 is 1.16 bits per heavy atom. The van der Waals surface area contributed by atoms with Crippen LogP contribution in [0.4, 0.5) is 0 Å². The largest absolute Gasteiger partial charge is 0.453 e. The topological polar surface area (TPSA) is 102 Å². The van der Waals surface area contributed by atoms with Crippen LogP contribution in [-0.2, 0) is 23.5 Å². The molecule has 0 amide bonds. The van der Waals surface area contributed by atoms with Gasteiger partial charge in [0.15, 0.2) is 25.8 Å². The second-order valence-corrected chi connectivity index (χ2v) is 19.0. The molecule has 0 radical (unpaired) electrons. The molecule has 1 aliphatic heterocycles. The van der Waals surface area contributed by atoms with Crippen LogP contribution in [0.1, 0.15) is 74.7 Å². The molecule has 3 aliphatic rings. The summed E-state index contributed by atoms with van der Waals surface area (Å²) in [6.45, 7) is 27.3. The Hall–Kier alpha value is -1.32. The number of carbonyl (C=O) groups excluding carboxylic acids is 2. The maximum Gasteiger partial charge on any atom is 0.330 e. The van der Waals surface area contributed by atoms with Gasteiger partial charge in [0.05, 0.1) is 17.8 Å². The van der Waals surface area contributed by atoms with Gasteiger partial charge in [-0.3, -0.25) is 4.79 Å². The van der Waals surface area contributed by atoms with E-state index in [1.54, 1.807) is 13.8 Å². The van der Waals surface area contributed by atoms with Crippen molar-refractivity contribution in [3.8, 4) is 0 Å². The van der Waals surface area contributed by atoms with Crippen LogP contribution >= 0.6 is 0 Å². The number of rotatable bonds is 5. The van der Waals surface area contributed by atoms with Crippen molar-refractivity contribution in [3.63, 3.8) is 0 Å². The molecule has 7 nitrogen and oxygen atoms in total. The third-order valence-corrected chi connectivity index (χ3v) is 14.8. The minimum absolute atomic E-state index is 0.101. The summed E-state index contributed by atoms with van der Waals surface area (Å²) in [5.41, 5.74) is -6.77. The number of esters is 1. The van der Waals surface area contributed by atoms with Crippen LogP contribution in [0, 0.1) is 16.7 Å². The second-order valence-electron chi connectivity index (χ2n) is 14.2. The number of hydrogen-bond acceptors (Lipinski definition) is 7. The molecule has 3 fully saturated rings. The number of ketones is 1. The van der Waals surface area contributed by atoms with Crippen molar-refractivity contribution in [2.24, 2.45) is 16.7 Å². The van der Waals surface area contributed by atoms with Crippen molar-refractivity contribution in [3.05, 3.63) is 25.3 Å². The van der Waals surface area contributed by atoms with Gasteiger partial charge in [0.1, 0.15) is 5.60 Å². The van der Waals surface area contributed by atoms with Crippen molar-refractivity contribution in [2.75, 3.05) is 0 Å². The SMILES string of the molecule is C=CC(=O)O[C@H]1[C@@H](O)[C@H]2C(C)(C)CC[C@H](O[Si](C)(C)C(C)(C)C)[C@]2(C)[C@@]2(O)C(=O)C[C@](C)(C=C)O[C@]12C. The number of aliphatic hydroxyl groups is 2. The fourth-order valence-corrected chi connectivity index (χ4v) is 8.77. The molecule has 2 N–H and O–H groups in total. The molecule has 0 aromatic rings. The smallest absolute Gasteiger partial charge is 0.330 e. The second kappa shape index (κ2) is 8.85. The lowest BCUT2D eigenvalue weighted by Crippen LogP contribution is -2.87. The fraction of sp³-hybridized carbons (Fsp3) is 0.793. The first kappa shape index (κ1) is 30.2. The van der Waals surface area contributed by atoms with E-state index in [1.807, 2.05) is 20.8 Å². The first-order valence-electron chi connectivity index (χ1n) is 13.4. The van der Waals surface area contributed by atoms with Crippen molar-refractivity contribution in [1.29, 1.82) is 0 Å². The molecule has 2 aliphatic carbocycles. The van der Waals surface area contributed by atoms with E-state index in [9.17, 15) is 19.8 Å². The minimum atomic E-state index is -2.36. The Bertz CT molecular complexity index is 983. The van der Waals surface area contributed by atoms with Crippen LogP contribution in [0.2, 0.25) is 18.1 Å². The molecule has 37 heavy (non-hydrogen) atoms. The zero-order valence-corrected chi connectivity index (χ0v) is 25.4. The lowest BCUT2D eigenvalue weighted by Gasteiger charge is -2.72. The van der Waals surface area contributed by atoms with Gasteiger partial charge in [-0.25, -0.2) is 4.79 Å². The number of ether oxygens (including phenoxy) is 2. The van der Waals surface area contributed by atoms with Gasteiger partial charge in [0.25, 0.3) is 0 Å². The van der Waals surface area contributed by atoms with E-state index in [0.29, 0.717) is 12.8 Å². The van der Waals surface area contributed by atoms with Crippen LogP contribution in [0.25, 0.3) is 0 Å². The monoisotopic (exact) mass is 536 g/mol. The summed E-state index contributed by atoms with van der Waals surface area (Å²) in [7, 11) is -2.36. The first-order chi connectivity index (χ1) is 16.6. The number of hydrogen-bond donors (Lipinski definition) is 2. The summed E-state index contributed by atoms with van der Waals surface area (Å²) >= 11 is 0. The standard InChI is InChI=1S/C29H48O7Si/c1-13-20(31)34-23-21(32)22-25(6,7)16-15-19(35-37(11,12)24(3,4)5)27(22,9)29(33)18(30)17-26(8,14-2)36-28(23,29)10/h13-14,19,21-23,32-33H,1-2,15-17H2,3-12H3/t19-,21-,22-,23-,26-,27-,28+,29-/m0/s1. The van der Waals surface area contributed by atoms with Gasteiger partial charge < -0.3 is 24.1 Å². The molecule has 1 saturated heterocycles. The van der Waals surface area contributed by atoms with Gasteiger partial charge in [0, 0.05) is 23.8 Å². The predicted octanol–water partition coefficient (Wildman–Crippen LogP) is 4.72. The average Bonchev–Trinajstić information content (AvgIpc) is 2.75. The molecule has 0 aromatic carbocycles. The molecule has 0 unspecified atom stereocenters. The fourth-order valence-electron chi connectivity index (χ4n) is 7.35. The summed E-state index contributed by atoms with van der Waals surface area (Å²) < 4.78 is 19.3. The van der Waals surface area contributed by atoms with Gasteiger partial charge in [-0.05, 0) is 50.2 Å². The number of Topliss-reactive ketones (excluding diaryl/α,β-unsaturated/α-hetero) is 1. The van der Waals surface area contributed by atoms with E-state index in [0.717, 1.165) is 6.08 Å². The summed E-state index contributed by atoms with van der Waals surface area (Å²) in [5, 5.41) is 24.8. The highest BCUT2D eigenvalue weighted by molar-refractivity contribution is 6.74. The molecule has 2 saturated carbocycles. The zero-order valence-electron chi connectivity index (χ0n) is 24.4. The van der Waals surface area contributed by atoms with Crippen LogP contribution in [-0.4, -0.2) is 65.4 Å². The normalized spacial score (nSPS) is 43.8. The summed E-state index contributed by atoms with van der Waals surface area (Å²) in [4.78, 5) is 26.8. The Morgan fingerprint density at radius 3 is 2.22 bits per heavy atom. The quantitative estimate of drug-likeness (QED) is 0.227. The molecule has 0 spiro atoms. The Kier molecular flexibility index (Phi) is 7.23. The Labute approximate surface area is 223 Å². The van der Waals surface area contributed by atoms with Crippen molar-refractivity contribution < 1.29 is 33.7 Å². The van der Waals surface area contributed by atoms with Crippen molar-refractivity contribution in [2.45, 2.75) is 128 Å². The third kappa shape index (κ3) is 4.13. The van der Waals surface area contributed by atoms with Gasteiger partial charge in [-0.2, -0.15) is 0 Å². The van der Waals surface area contributed by atoms with E-state index in [1.165, 1.54) is 6.08 Å². The predicted molar refractivity (Wildman–Crippen MR) is 145 cm³/mol. The summed E-state index contributed by atoms with van der Waals surface area (Å²) in [6.07, 6.45) is 0.666. The van der Waals surface area contributed by atoms with Gasteiger partial charge in [0.2, 0.25) is 0 Å². The number of fused-ring (bicyclic) bond motifs is 3. The molecular formula is C29H48O7Si. The number of aliphatic hydroxyl groups excluding tert-OH is 1. The molecule has 210 valence electrons. The zero-order chi connectivity index (χ0) is 28.6. The lowest BCUT2D eigenvalue weighted by atomic mass is 9.40. The van der Waals surface area contributed by atoms with E-state index in [4.69, 9.17) is 13.9 Å². The molecule has 8 atom stereocenters. The summed E-state index contributed by atoms with van der Waals surface area (Å²) in [6, 6.07) is 0. The van der Waals surface area contributed by atoms with Crippen molar-refractivity contribution in [1.82, 2.24) is 0 Å². The van der Waals surface area contributed by atoms with Crippen LogP contribution < -0.4 is 0 Å². The summed E-state index contributed by atoms with van der Waals surface area (Å²) in [5.74, 6) is -1.82. The number of carbonyl (C=O) groups is 2.